The van der Waals surface area contributed by atoms with Gasteiger partial charge >= 0.3 is 5.97 Å². The standard InChI is InChI=1S/C16H28O2/c1-3-4-5-6-7-8-9-10-11-12-13-14-15-18-16(2)17/h10-13H,3-9,14-15H2,1-2H3. The molecule has 0 atom stereocenters. The second-order valence-corrected chi connectivity index (χ2v) is 4.54. The summed E-state index contributed by atoms with van der Waals surface area (Å²) >= 11 is 0. The number of allylic oxidation sites excluding steroid dienone is 3. The van der Waals surface area contributed by atoms with Crippen molar-refractivity contribution in [3.8, 4) is 0 Å². The summed E-state index contributed by atoms with van der Waals surface area (Å²) in [7, 11) is 0. The molecule has 0 saturated heterocycles. The third-order valence-electron chi connectivity index (χ3n) is 2.70. The van der Waals surface area contributed by atoms with Gasteiger partial charge in [-0.15, -0.1) is 0 Å². The van der Waals surface area contributed by atoms with Gasteiger partial charge in [0.05, 0.1) is 6.61 Å². The van der Waals surface area contributed by atoms with Gasteiger partial charge < -0.3 is 4.74 Å². The number of hydrogen-bond acceptors (Lipinski definition) is 2. The van der Waals surface area contributed by atoms with Crippen molar-refractivity contribution in [1.82, 2.24) is 0 Å². The van der Waals surface area contributed by atoms with E-state index in [1.807, 2.05) is 12.2 Å². The van der Waals surface area contributed by atoms with E-state index in [0.717, 1.165) is 6.42 Å². The lowest BCUT2D eigenvalue weighted by molar-refractivity contribution is -0.140. The van der Waals surface area contributed by atoms with E-state index < -0.39 is 0 Å². The molecule has 0 aromatic heterocycles. The summed E-state index contributed by atoms with van der Waals surface area (Å²) in [6.07, 6.45) is 18.4. The van der Waals surface area contributed by atoms with Gasteiger partial charge in [0.1, 0.15) is 0 Å². The van der Waals surface area contributed by atoms with Crippen LogP contribution in [-0.4, -0.2) is 12.6 Å². The molecule has 2 nitrogen and oxygen atoms in total. The zero-order chi connectivity index (χ0) is 13.5. The van der Waals surface area contributed by atoms with Crippen molar-refractivity contribution in [1.29, 1.82) is 0 Å². The van der Waals surface area contributed by atoms with Gasteiger partial charge in [0.15, 0.2) is 0 Å². The maximum Gasteiger partial charge on any atom is 0.302 e. The molecule has 0 saturated carbocycles. The predicted molar refractivity (Wildman–Crippen MR) is 77.5 cm³/mol. The third-order valence-corrected chi connectivity index (χ3v) is 2.70. The number of carbonyl (C=O) groups excluding carboxylic acids is 1. The molecule has 0 rings (SSSR count). The third kappa shape index (κ3) is 14.9. The Morgan fingerprint density at radius 2 is 1.56 bits per heavy atom. The summed E-state index contributed by atoms with van der Waals surface area (Å²) in [6, 6.07) is 0. The maximum absolute atomic E-state index is 10.5. The molecule has 0 aromatic carbocycles. The number of carbonyl (C=O) groups is 1. The first-order chi connectivity index (χ1) is 8.77. The first kappa shape index (κ1) is 16.9. The van der Waals surface area contributed by atoms with Crippen molar-refractivity contribution in [2.45, 2.75) is 65.2 Å². The van der Waals surface area contributed by atoms with E-state index in [9.17, 15) is 4.79 Å². The molecule has 0 aliphatic heterocycles. The van der Waals surface area contributed by atoms with Crippen LogP contribution in [0.25, 0.3) is 0 Å². The quantitative estimate of drug-likeness (QED) is 0.300. The lowest BCUT2D eigenvalue weighted by atomic mass is 10.1. The van der Waals surface area contributed by atoms with E-state index in [0.29, 0.717) is 6.61 Å². The molecule has 0 bridgehead atoms. The molecule has 0 aromatic rings. The maximum atomic E-state index is 10.5. The number of unbranched alkanes of at least 4 members (excludes halogenated alkanes) is 6. The Kier molecular flexibility index (Phi) is 13.2. The van der Waals surface area contributed by atoms with E-state index in [1.165, 1.54) is 51.9 Å². The Morgan fingerprint density at radius 1 is 0.944 bits per heavy atom. The fraction of sp³-hybridized carbons (Fsp3) is 0.688. The molecule has 2 heteroatoms. The Morgan fingerprint density at radius 3 is 2.22 bits per heavy atom. The molecule has 104 valence electrons. The van der Waals surface area contributed by atoms with Crippen molar-refractivity contribution < 1.29 is 9.53 Å². The van der Waals surface area contributed by atoms with E-state index in [1.54, 1.807) is 0 Å². The molecule has 0 N–H and O–H groups in total. The topological polar surface area (TPSA) is 26.3 Å². The summed E-state index contributed by atoms with van der Waals surface area (Å²) in [5, 5.41) is 0. The van der Waals surface area contributed by atoms with Gasteiger partial charge in [-0.2, -0.15) is 0 Å². The summed E-state index contributed by atoms with van der Waals surface area (Å²) in [6.45, 7) is 4.16. The van der Waals surface area contributed by atoms with Crippen molar-refractivity contribution in [3.63, 3.8) is 0 Å². The van der Waals surface area contributed by atoms with Crippen LogP contribution in [0.4, 0.5) is 0 Å². The summed E-state index contributed by atoms with van der Waals surface area (Å²) in [5.74, 6) is -0.206. The van der Waals surface area contributed by atoms with Crippen LogP contribution in [-0.2, 0) is 9.53 Å². The Labute approximate surface area is 112 Å². The smallest absolute Gasteiger partial charge is 0.302 e. The molecular weight excluding hydrogens is 224 g/mol. The van der Waals surface area contributed by atoms with Crippen molar-refractivity contribution >= 4 is 5.97 Å². The monoisotopic (exact) mass is 252 g/mol. The average Bonchev–Trinajstić information content (AvgIpc) is 2.34. The molecule has 0 amide bonds. The first-order valence-corrected chi connectivity index (χ1v) is 7.22. The molecule has 18 heavy (non-hydrogen) atoms. The van der Waals surface area contributed by atoms with Crippen molar-refractivity contribution in [3.05, 3.63) is 24.3 Å². The van der Waals surface area contributed by atoms with E-state index >= 15 is 0 Å². The fourth-order valence-electron chi connectivity index (χ4n) is 1.66. The van der Waals surface area contributed by atoms with Crippen LogP contribution in [0.3, 0.4) is 0 Å². The predicted octanol–water partition coefficient (Wildman–Crippen LogP) is 4.80. The number of ether oxygens (including phenoxy) is 1. The van der Waals surface area contributed by atoms with Gasteiger partial charge in [0, 0.05) is 6.92 Å². The molecule has 0 aliphatic carbocycles. The highest BCUT2D eigenvalue weighted by atomic mass is 16.5. The average molecular weight is 252 g/mol. The molecule has 0 spiro atoms. The van der Waals surface area contributed by atoms with E-state index in [4.69, 9.17) is 4.74 Å². The summed E-state index contributed by atoms with van der Waals surface area (Å²) in [4.78, 5) is 10.5. The normalized spacial score (nSPS) is 11.4. The van der Waals surface area contributed by atoms with Crippen LogP contribution >= 0.6 is 0 Å². The molecule has 0 heterocycles. The van der Waals surface area contributed by atoms with Crippen LogP contribution in [0.15, 0.2) is 24.3 Å². The van der Waals surface area contributed by atoms with Gasteiger partial charge in [-0.3, -0.25) is 4.79 Å². The van der Waals surface area contributed by atoms with Crippen LogP contribution in [0.5, 0.6) is 0 Å². The van der Waals surface area contributed by atoms with Crippen molar-refractivity contribution in [2.75, 3.05) is 6.61 Å². The number of hydrogen-bond donors (Lipinski definition) is 0. The highest BCUT2D eigenvalue weighted by Crippen LogP contribution is 2.07. The Balaban J connectivity index is 3.21. The minimum absolute atomic E-state index is 0.206. The lowest BCUT2D eigenvalue weighted by Crippen LogP contribution is -1.98. The van der Waals surface area contributed by atoms with E-state index in [2.05, 4.69) is 19.1 Å². The summed E-state index contributed by atoms with van der Waals surface area (Å²) < 4.78 is 4.82. The molecular formula is C16H28O2. The van der Waals surface area contributed by atoms with Gasteiger partial charge in [-0.25, -0.2) is 0 Å². The van der Waals surface area contributed by atoms with Crippen LogP contribution in [0.2, 0.25) is 0 Å². The zero-order valence-corrected chi connectivity index (χ0v) is 12.0. The second kappa shape index (κ2) is 14.0. The van der Waals surface area contributed by atoms with Gasteiger partial charge in [-0.1, -0.05) is 63.3 Å². The minimum Gasteiger partial charge on any atom is -0.466 e. The van der Waals surface area contributed by atoms with Gasteiger partial charge in [0.2, 0.25) is 0 Å². The first-order valence-electron chi connectivity index (χ1n) is 7.22. The number of rotatable bonds is 11. The molecule has 0 fully saturated rings. The number of esters is 1. The van der Waals surface area contributed by atoms with Crippen LogP contribution in [0, 0.1) is 0 Å². The lowest BCUT2D eigenvalue weighted by Gasteiger charge is -1.97. The molecule has 0 unspecified atom stereocenters. The molecule has 0 radical (unpaired) electrons. The van der Waals surface area contributed by atoms with Crippen LogP contribution in [0.1, 0.15) is 65.2 Å². The second-order valence-electron chi connectivity index (χ2n) is 4.54. The minimum atomic E-state index is -0.206. The van der Waals surface area contributed by atoms with Crippen LogP contribution < -0.4 is 0 Å². The van der Waals surface area contributed by atoms with Crippen molar-refractivity contribution in [2.24, 2.45) is 0 Å². The summed E-state index contributed by atoms with van der Waals surface area (Å²) in [5.41, 5.74) is 0. The SMILES string of the molecule is CCCCCCCCC=CC=CCCOC(C)=O. The largest absolute Gasteiger partial charge is 0.466 e. The highest BCUT2D eigenvalue weighted by Gasteiger charge is 1.88. The Bertz CT molecular complexity index is 241. The van der Waals surface area contributed by atoms with E-state index in [-0.39, 0.29) is 5.97 Å². The molecule has 0 aliphatic rings. The fourth-order valence-corrected chi connectivity index (χ4v) is 1.66. The van der Waals surface area contributed by atoms with Gasteiger partial charge in [0.25, 0.3) is 0 Å². The highest BCUT2D eigenvalue weighted by molar-refractivity contribution is 5.65. The van der Waals surface area contributed by atoms with Gasteiger partial charge in [-0.05, 0) is 19.3 Å². The zero-order valence-electron chi connectivity index (χ0n) is 12.0. The Hall–Kier alpha value is -1.05.